The molecular formula is C37H42FN3O7S. The van der Waals surface area contributed by atoms with Gasteiger partial charge < -0.3 is 35.7 Å². The third-order valence-electron chi connectivity index (χ3n) is 9.03. The van der Waals surface area contributed by atoms with Crippen molar-refractivity contribution in [2.24, 2.45) is 5.92 Å². The summed E-state index contributed by atoms with van der Waals surface area (Å²) in [6, 6.07) is 20.9. The second-order valence-electron chi connectivity index (χ2n) is 12.5. The minimum Gasteiger partial charge on any atom is -0.395 e. The van der Waals surface area contributed by atoms with Gasteiger partial charge in [0.25, 0.3) is 5.91 Å². The number of benzene rings is 3. The molecule has 1 aliphatic heterocycles. The molecular weight excluding hydrogens is 649 g/mol. The first kappa shape index (κ1) is 36.2. The van der Waals surface area contributed by atoms with Gasteiger partial charge in [-0.3, -0.25) is 9.59 Å². The van der Waals surface area contributed by atoms with Crippen LogP contribution in [0.3, 0.4) is 0 Å². The molecule has 1 aromatic heterocycles. The number of hydrogen-bond acceptors (Lipinski definition) is 9. The number of nitrogens with zero attached hydrogens (tertiary/aromatic N) is 2. The first-order valence-corrected chi connectivity index (χ1v) is 17.2. The van der Waals surface area contributed by atoms with Gasteiger partial charge in [0.2, 0.25) is 5.91 Å². The first-order valence-electron chi connectivity index (χ1n) is 16.4. The lowest BCUT2D eigenvalue weighted by Crippen LogP contribution is -2.55. The first-order chi connectivity index (χ1) is 23.6. The highest BCUT2D eigenvalue weighted by atomic mass is 32.1. The fraction of sp³-hybridized carbons (Fsp3) is 0.378. The van der Waals surface area contributed by atoms with Crippen LogP contribution in [0.25, 0.3) is 0 Å². The Morgan fingerprint density at radius 1 is 0.939 bits per heavy atom. The second kappa shape index (κ2) is 16.6. The Bertz CT molecular complexity index is 1680. The fourth-order valence-corrected chi connectivity index (χ4v) is 6.80. The molecule has 260 valence electrons. The van der Waals surface area contributed by atoms with Crippen LogP contribution in [0.4, 0.5) is 10.1 Å². The van der Waals surface area contributed by atoms with E-state index in [1.54, 1.807) is 22.4 Å². The van der Waals surface area contributed by atoms with Gasteiger partial charge in [-0.2, -0.15) is 0 Å². The largest absolute Gasteiger partial charge is 0.395 e. The lowest BCUT2D eigenvalue weighted by atomic mass is 9.78. The van der Waals surface area contributed by atoms with E-state index in [1.165, 1.54) is 23.5 Å². The van der Waals surface area contributed by atoms with E-state index < -0.39 is 24.9 Å². The standard InChI is InChI=1S/C37H42FN3O7S/c38-28-10-8-26(9-11-28)32(45)15-14-30-34(27-6-1-25(2-7-27)17-18-37(48,22-43)23-44)41(36(30)47)29-12-3-24(4-13-29)5-16-33-40-31(21-49-33)35(46)39-19-20-42/h1-4,6-13,21,30,32,34,42-45,48H,5,14-20,22-23H2,(H,39,46)/t30-,32+,34-/m1/s1. The van der Waals surface area contributed by atoms with Crippen molar-refractivity contribution in [2.75, 3.05) is 31.3 Å². The number of carbonyl (C=O) groups excluding carboxylic acids is 2. The van der Waals surface area contributed by atoms with Crippen LogP contribution >= 0.6 is 11.3 Å². The molecule has 3 atom stereocenters. The van der Waals surface area contributed by atoms with Crippen molar-refractivity contribution in [1.82, 2.24) is 10.3 Å². The Kier molecular flexibility index (Phi) is 12.3. The third kappa shape index (κ3) is 8.96. The molecule has 3 aromatic carbocycles. The summed E-state index contributed by atoms with van der Waals surface area (Å²) in [4.78, 5) is 31.9. The van der Waals surface area contributed by atoms with Gasteiger partial charge in [0.1, 0.15) is 17.1 Å². The molecule has 10 nitrogen and oxygen atoms in total. The van der Waals surface area contributed by atoms with Crippen LogP contribution in [-0.4, -0.2) is 74.3 Å². The summed E-state index contributed by atoms with van der Waals surface area (Å²) in [5.41, 5.74) is 2.97. The molecule has 0 unspecified atom stereocenters. The molecule has 1 aliphatic rings. The van der Waals surface area contributed by atoms with Gasteiger partial charge in [-0.25, -0.2) is 9.37 Å². The number of carbonyl (C=O) groups is 2. The van der Waals surface area contributed by atoms with Crippen molar-refractivity contribution in [3.05, 3.63) is 117 Å². The second-order valence-corrected chi connectivity index (χ2v) is 13.4. The van der Waals surface area contributed by atoms with Crippen LogP contribution in [0.5, 0.6) is 0 Å². The Morgan fingerprint density at radius 2 is 1.59 bits per heavy atom. The number of aryl methyl sites for hydroxylation is 3. The third-order valence-corrected chi connectivity index (χ3v) is 9.94. The van der Waals surface area contributed by atoms with Crippen LogP contribution in [0.15, 0.2) is 78.2 Å². The predicted octanol–water partition coefficient (Wildman–Crippen LogP) is 3.66. The predicted molar refractivity (Wildman–Crippen MR) is 184 cm³/mol. The normalized spacial score (nSPS) is 16.8. The van der Waals surface area contributed by atoms with E-state index in [1.807, 2.05) is 48.5 Å². The van der Waals surface area contributed by atoms with E-state index in [2.05, 4.69) is 10.3 Å². The van der Waals surface area contributed by atoms with Crippen LogP contribution in [-0.2, 0) is 24.1 Å². The number of anilines is 1. The summed E-state index contributed by atoms with van der Waals surface area (Å²) >= 11 is 1.41. The smallest absolute Gasteiger partial charge is 0.270 e. The minimum absolute atomic E-state index is 0.0566. The van der Waals surface area contributed by atoms with E-state index in [9.17, 15) is 34.4 Å². The summed E-state index contributed by atoms with van der Waals surface area (Å²) in [7, 11) is 0. The highest BCUT2D eigenvalue weighted by molar-refractivity contribution is 7.09. The SMILES string of the molecule is O=C(NCCO)c1csc(CCc2ccc(N3C(=O)[C@H](CC[C@H](O)c4ccc(F)cc4)[C@H]3c3ccc(CCC(O)(CO)CO)cc3)cc2)n1. The Balaban J connectivity index is 1.28. The minimum atomic E-state index is -1.56. The molecule has 0 spiro atoms. The van der Waals surface area contributed by atoms with Gasteiger partial charge in [0.05, 0.1) is 42.9 Å². The van der Waals surface area contributed by atoms with Crippen molar-refractivity contribution in [3.63, 3.8) is 0 Å². The number of rotatable bonds is 17. The van der Waals surface area contributed by atoms with Crippen molar-refractivity contribution < 1.29 is 39.5 Å². The highest BCUT2D eigenvalue weighted by Gasteiger charge is 2.48. The Hall–Kier alpha value is -4.04. The van der Waals surface area contributed by atoms with Gasteiger partial charge in [-0.05, 0) is 78.6 Å². The number of aliphatic hydroxyl groups is 5. The molecule has 2 amide bonds. The van der Waals surface area contributed by atoms with Gasteiger partial charge in [-0.15, -0.1) is 11.3 Å². The highest BCUT2D eigenvalue weighted by Crippen LogP contribution is 2.46. The van der Waals surface area contributed by atoms with E-state index >= 15 is 0 Å². The molecule has 6 N–H and O–H groups in total. The summed E-state index contributed by atoms with van der Waals surface area (Å²) in [5, 5.41) is 53.9. The molecule has 49 heavy (non-hydrogen) atoms. The van der Waals surface area contributed by atoms with Crippen molar-refractivity contribution in [1.29, 1.82) is 0 Å². The number of nitrogens with one attached hydrogen (secondary N) is 1. The van der Waals surface area contributed by atoms with Gasteiger partial charge >= 0.3 is 0 Å². The van der Waals surface area contributed by atoms with Crippen LogP contribution < -0.4 is 10.2 Å². The van der Waals surface area contributed by atoms with Crippen molar-refractivity contribution in [3.8, 4) is 0 Å². The molecule has 0 bridgehead atoms. The molecule has 1 fully saturated rings. The summed E-state index contributed by atoms with van der Waals surface area (Å²) < 4.78 is 13.4. The zero-order valence-electron chi connectivity index (χ0n) is 27.0. The molecule has 4 aromatic rings. The topological polar surface area (TPSA) is 163 Å². The maximum absolute atomic E-state index is 13.7. The van der Waals surface area contributed by atoms with E-state index in [-0.39, 0.29) is 49.2 Å². The molecule has 1 saturated heterocycles. The zero-order chi connectivity index (χ0) is 35.0. The van der Waals surface area contributed by atoms with Gasteiger partial charge in [0.15, 0.2) is 0 Å². The average molecular weight is 692 g/mol. The summed E-state index contributed by atoms with van der Waals surface area (Å²) in [6.45, 7) is -1.05. The zero-order valence-corrected chi connectivity index (χ0v) is 27.9. The number of β-lactam (4-membered cyclic amide) rings is 1. The van der Waals surface area contributed by atoms with E-state index in [0.717, 1.165) is 27.4 Å². The summed E-state index contributed by atoms with van der Waals surface area (Å²) in [5.74, 6) is -1.14. The Morgan fingerprint density at radius 3 is 2.24 bits per heavy atom. The Labute approximate surface area is 288 Å². The fourth-order valence-electron chi connectivity index (χ4n) is 6.02. The number of aliphatic hydroxyl groups excluding tert-OH is 4. The number of aromatic nitrogens is 1. The van der Waals surface area contributed by atoms with E-state index in [0.29, 0.717) is 43.4 Å². The molecule has 0 aliphatic carbocycles. The summed E-state index contributed by atoms with van der Waals surface area (Å²) in [6.07, 6.45) is 1.87. The molecule has 12 heteroatoms. The quantitative estimate of drug-likeness (QED) is 0.0915. The molecule has 0 saturated carbocycles. The van der Waals surface area contributed by atoms with Gasteiger partial charge in [-0.1, -0.05) is 48.5 Å². The van der Waals surface area contributed by atoms with E-state index in [4.69, 9.17) is 5.11 Å². The average Bonchev–Trinajstić information content (AvgIpc) is 3.61. The van der Waals surface area contributed by atoms with Crippen LogP contribution in [0, 0.1) is 11.7 Å². The maximum Gasteiger partial charge on any atom is 0.270 e. The van der Waals surface area contributed by atoms with Gasteiger partial charge in [0, 0.05) is 24.0 Å². The number of thiazole rings is 1. The molecule has 0 radical (unpaired) electrons. The number of hydrogen-bond donors (Lipinski definition) is 6. The van der Waals surface area contributed by atoms with Crippen LogP contribution in [0.1, 0.15) is 69.2 Å². The van der Waals surface area contributed by atoms with Crippen molar-refractivity contribution >= 4 is 28.8 Å². The van der Waals surface area contributed by atoms with Crippen molar-refractivity contribution in [2.45, 2.75) is 56.3 Å². The van der Waals surface area contributed by atoms with Crippen LogP contribution in [0.2, 0.25) is 0 Å². The number of amides is 2. The lowest BCUT2D eigenvalue weighted by Gasteiger charge is -2.48. The lowest BCUT2D eigenvalue weighted by molar-refractivity contribution is -0.131. The maximum atomic E-state index is 13.7. The number of halogens is 1. The molecule has 5 rings (SSSR count). The molecule has 2 heterocycles. The monoisotopic (exact) mass is 691 g/mol.